The normalized spacial score (nSPS) is 12.8. The minimum atomic E-state index is -0.0187. The van der Waals surface area contributed by atoms with Crippen LogP contribution in [0.15, 0.2) is 11.7 Å². The molecule has 2 rings (SSSR count). The van der Waals surface area contributed by atoms with Crippen molar-refractivity contribution < 1.29 is 0 Å². The zero-order valence-electron chi connectivity index (χ0n) is 10.6. The summed E-state index contributed by atoms with van der Waals surface area (Å²) in [5.41, 5.74) is 3.77. The average molecular weight is 266 g/mol. The molecule has 2 heterocycles. The smallest absolute Gasteiger partial charge is 0.138 e. The molecule has 7 heteroatoms. The van der Waals surface area contributed by atoms with E-state index in [0.717, 1.165) is 29.5 Å². The largest absolute Gasteiger partial charge is 0.271 e. The number of hydrazine groups is 1. The molecule has 0 aliphatic carbocycles. The van der Waals surface area contributed by atoms with E-state index in [1.807, 2.05) is 17.0 Å². The standard InChI is InChI=1S/C11H18N6S/c1-3-4-17-11(13-7-14-17)5-9(16-12)10-6-18-8(2)15-10/h6-7,9,16H,3-5,12H2,1-2H3. The molecule has 1 unspecified atom stereocenters. The topological polar surface area (TPSA) is 81.7 Å². The molecular weight excluding hydrogens is 248 g/mol. The van der Waals surface area contributed by atoms with Gasteiger partial charge in [-0.15, -0.1) is 11.3 Å². The van der Waals surface area contributed by atoms with E-state index in [-0.39, 0.29) is 6.04 Å². The number of nitrogens with two attached hydrogens (primary N) is 1. The Labute approximate surface area is 110 Å². The second kappa shape index (κ2) is 6.03. The van der Waals surface area contributed by atoms with Crippen molar-refractivity contribution in [3.63, 3.8) is 0 Å². The van der Waals surface area contributed by atoms with Crippen molar-refractivity contribution in [3.8, 4) is 0 Å². The van der Waals surface area contributed by atoms with Crippen molar-refractivity contribution >= 4 is 11.3 Å². The van der Waals surface area contributed by atoms with Gasteiger partial charge in [-0.25, -0.2) is 9.97 Å². The van der Waals surface area contributed by atoms with E-state index in [9.17, 15) is 0 Å². The predicted molar refractivity (Wildman–Crippen MR) is 70.9 cm³/mol. The highest BCUT2D eigenvalue weighted by Gasteiger charge is 2.16. The third-order valence-corrected chi connectivity index (χ3v) is 3.50. The summed E-state index contributed by atoms with van der Waals surface area (Å²) in [5.74, 6) is 6.55. The van der Waals surface area contributed by atoms with Gasteiger partial charge in [0.25, 0.3) is 0 Å². The lowest BCUT2D eigenvalue weighted by molar-refractivity contribution is 0.492. The van der Waals surface area contributed by atoms with E-state index in [0.29, 0.717) is 6.42 Å². The second-order valence-corrected chi connectivity index (χ2v) is 5.18. The maximum Gasteiger partial charge on any atom is 0.138 e. The summed E-state index contributed by atoms with van der Waals surface area (Å²) in [7, 11) is 0. The van der Waals surface area contributed by atoms with Crippen molar-refractivity contribution in [1.82, 2.24) is 25.2 Å². The van der Waals surface area contributed by atoms with Gasteiger partial charge in [-0.2, -0.15) is 5.10 Å². The maximum absolute atomic E-state index is 5.61. The number of nitrogens with zero attached hydrogens (tertiary/aromatic N) is 4. The lowest BCUT2D eigenvalue weighted by Gasteiger charge is -2.13. The SMILES string of the molecule is CCCn1ncnc1CC(NN)c1csc(C)n1. The van der Waals surface area contributed by atoms with E-state index in [2.05, 4.69) is 27.4 Å². The summed E-state index contributed by atoms with van der Waals surface area (Å²) < 4.78 is 1.92. The zero-order chi connectivity index (χ0) is 13.0. The molecule has 0 saturated carbocycles. The second-order valence-electron chi connectivity index (χ2n) is 4.11. The molecule has 0 radical (unpaired) electrons. The van der Waals surface area contributed by atoms with Crippen LogP contribution in [0.5, 0.6) is 0 Å². The third-order valence-electron chi connectivity index (χ3n) is 2.71. The highest BCUT2D eigenvalue weighted by Crippen LogP contribution is 2.19. The Bertz CT molecular complexity index is 491. The summed E-state index contributed by atoms with van der Waals surface area (Å²) in [4.78, 5) is 8.74. The molecule has 2 aromatic rings. The molecule has 0 bridgehead atoms. The lowest BCUT2D eigenvalue weighted by atomic mass is 10.1. The van der Waals surface area contributed by atoms with Gasteiger partial charge < -0.3 is 0 Å². The average Bonchev–Trinajstić information content (AvgIpc) is 2.96. The molecule has 1 atom stereocenters. The fourth-order valence-corrected chi connectivity index (χ4v) is 2.48. The molecule has 18 heavy (non-hydrogen) atoms. The minimum absolute atomic E-state index is 0.0187. The summed E-state index contributed by atoms with van der Waals surface area (Å²) >= 11 is 1.63. The molecule has 0 fully saturated rings. The van der Waals surface area contributed by atoms with Crippen molar-refractivity contribution in [3.05, 3.63) is 28.2 Å². The van der Waals surface area contributed by atoms with Crippen molar-refractivity contribution in [1.29, 1.82) is 0 Å². The first-order valence-corrected chi connectivity index (χ1v) is 6.87. The van der Waals surface area contributed by atoms with Crippen LogP contribution in [0.25, 0.3) is 0 Å². The van der Waals surface area contributed by atoms with Gasteiger partial charge >= 0.3 is 0 Å². The molecule has 6 nitrogen and oxygen atoms in total. The number of aromatic nitrogens is 4. The Morgan fingerprint density at radius 1 is 1.56 bits per heavy atom. The van der Waals surface area contributed by atoms with E-state index < -0.39 is 0 Å². The van der Waals surface area contributed by atoms with Crippen LogP contribution in [0.1, 0.15) is 35.9 Å². The van der Waals surface area contributed by atoms with Gasteiger partial charge in [0.15, 0.2) is 0 Å². The number of rotatable bonds is 6. The monoisotopic (exact) mass is 266 g/mol. The van der Waals surface area contributed by atoms with Crippen LogP contribution in [0, 0.1) is 6.92 Å². The molecule has 98 valence electrons. The predicted octanol–water partition coefficient (Wildman–Crippen LogP) is 1.20. The Balaban J connectivity index is 2.12. The number of hydrogen-bond donors (Lipinski definition) is 2. The van der Waals surface area contributed by atoms with Crippen LogP contribution >= 0.6 is 11.3 Å². The Morgan fingerprint density at radius 3 is 3.00 bits per heavy atom. The van der Waals surface area contributed by atoms with Crippen molar-refractivity contribution in [2.45, 2.75) is 39.3 Å². The quantitative estimate of drug-likeness (QED) is 0.606. The number of hydrogen-bond acceptors (Lipinski definition) is 6. The van der Waals surface area contributed by atoms with Gasteiger partial charge in [0, 0.05) is 18.3 Å². The summed E-state index contributed by atoms with van der Waals surface area (Å²) in [6.07, 6.45) is 3.32. The lowest BCUT2D eigenvalue weighted by Crippen LogP contribution is -2.30. The first-order chi connectivity index (χ1) is 8.74. The number of nitrogens with one attached hydrogen (secondary N) is 1. The highest BCUT2D eigenvalue weighted by molar-refractivity contribution is 7.09. The van der Waals surface area contributed by atoms with E-state index >= 15 is 0 Å². The van der Waals surface area contributed by atoms with Crippen molar-refractivity contribution in [2.75, 3.05) is 0 Å². The van der Waals surface area contributed by atoms with E-state index in [1.165, 1.54) is 0 Å². The summed E-state index contributed by atoms with van der Waals surface area (Å²) in [6.45, 7) is 4.98. The highest BCUT2D eigenvalue weighted by atomic mass is 32.1. The summed E-state index contributed by atoms with van der Waals surface area (Å²) in [5, 5.41) is 7.28. The molecule has 0 amide bonds. The van der Waals surface area contributed by atoms with Gasteiger partial charge in [-0.05, 0) is 13.3 Å². The van der Waals surface area contributed by atoms with Crippen molar-refractivity contribution in [2.24, 2.45) is 5.84 Å². The van der Waals surface area contributed by atoms with Gasteiger partial charge in [-0.3, -0.25) is 16.0 Å². The molecule has 2 aromatic heterocycles. The van der Waals surface area contributed by atoms with Crippen LogP contribution in [-0.4, -0.2) is 19.7 Å². The van der Waals surface area contributed by atoms with Gasteiger partial charge in [0.05, 0.1) is 16.7 Å². The van der Waals surface area contributed by atoms with Crippen LogP contribution in [0.3, 0.4) is 0 Å². The van der Waals surface area contributed by atoms with Gasteiger partial charge in [-0.1, -0.05) is 6.92 Å². The molecular formula is C11H18N6S. The summed E-state index contributed by atoms with van der Waals surface area (Å²) in [6, 6.07) is -0.0187. The van der Waals surface area contributed by atoms with E-state index in [1.54, 1.807) is 17.7 Å². The van der Waals surface area contributed by atoms with Crippen LogP contribution < -0.4 is 11.3 Å². The van der Waals surface area contributed by atoms with Gasteiger partial charge in [0.2, 0.25) is 0 Å². The molecule has 0 aromatic carbocycles. The van der Waals surface area contributed by atoms with Gasteiger partial charge in [0.1, 0.15) is 12.2 Å². The molecule has 0 aliphatic rings. The molecule has 0 saturated heterocycles. The zero-order valence-corrected chi connectivity index (χ0v) is 11.4. The Morgan fingerprint density at radius 2 is 2.39 bits per heavy atom. The van der Waals surface area contributed by atoms with Crippen LogP contribution in [0.2, 0.25) is 0 Å². The first kappa shape index (κ1) is 13.1. The third kappa shape index (κ3) is 2.92. The fraction of sp³-hybridized carbons (Fsp3) is 0.545. The molecule has 0 spiro atoms. The molecule has 0 aliphatic heterocycles. The Hall–Kier alpha value is -1.31. The Kier molecular flexibility index (Phi) is 4.40. The molecule has 3 N–H and O–H groups in total. The van der Waals surface area contributed by atoms with E-state index in [4.69, 9.17) is 5.84 Å². The first-order valence-electron chi connectivity index (χ1n) is 5.99. The van der Waals surface area contributed by atoms with Crippen LogP contribution in [0.4, 0.5) is 0 Å². The fourth-order valence-electron chi connectivity index (χ4n) is 1.82. The minimum Gasteiger partial charge on any atom is -0.271 e. The number of aryl methyl sites for hydroxylation is 2. The maximum atomic E-state index is 5.61. The van der Waals surface area contributed by atoms with Crippen LogP contribution in [-0.2, 0) is 13.0 Å². The number of thiazole rings is 1.